The molecule has 1 aromatic carbocycles. The normalized spacial score (nSPS) is 12.2. The number of nitrogens with one attached hydrogen (secondary N) is 1. The first kappa shape index (κ1) is 14.2. The van der Waals surface area contributed by atoms with Gasteiger partial charge in [-0.15, -0.1) is 0 Å². The van der Waals surface area contributed by atoms with E-state index < -0.39 is 24.7 Å². The molecule has 0 amide bonds. The molecule has 0 saturated carbocycles. The van der Waals surface area contributed by atoms with E-state index in [0.29, 0.717) is 0 Å². The Morgan fingerprint density at radius 3 is 2.53 bits per heavy atom. The van der Waals surface area contributed by atoms with E-state index in [1.54, 1.807) is 0 Å². The van der Waals surface area contributed by atoms with Gasteiger partial charge in [0.1, 0.15) is 5.82 Å². The third-order valence-electron chi connectivity index (χ3n) is 2.03. The maximum absolute atomic E-state index is 12.9. The van der Waals surface area contributed by atoms with Gasteiger partial charge in [-0.2, -0.15) is 8.78 Å². The summed E-state index contributed by atoms with van der Waals surface area (Å²) in [5, 5.41) is 1.90. The van der Waals surface area contributed by atoms with Crippen LogP contribution in [0.15, 0.2) is 18.2 Å². The van der Waals surface area contributed by atoms with Crippen molar-refractivity contribution in [2.75, 3.05) is 6.54 Å². The SMILES string of the molecule is Fc1cccc(CNCC(F)(F)C(F)F)c1Cl. The van der Waals surface area contributed by atoms with Gasteiger partial charge in [0.25, 0.3) is 0 Å². The average Bonchev–Trinajstić information content (AvgIpc) is 2.24. The van der Waals surface area contributed by atoms with Crippen LogP contribution in [0.25, 0.3) is 0 Å². The Hall–Kier alpha value is -0.880. The second-order valence-corrected chi connectivity index (χ2v) is 3.76. The first-order chi connectivity index (χ1) is 7.84. The molecule has 0 aliphatic carbocycles. The smallest absolute Gasteiger partial charge is 0.307 e. The standard InChI is InChI=1S/C10H9ClF5N/c11-8-6(2-1-3-7(8)12)4-17-5-10(15,16)9(13)14/h1-3,9,17H,4-5H2. The number of hydrogen-bond donors (Lipinski definition) is 1. The average molecular weight is 274 g/mol. The fourth-order valence-corrected chi connectivity index (χ4v) is 1.32. The van der Waals surface area contributed by atoms with Crippen LogP contribution >= 0.6 is 11.6 Å². The highest BCUT2D eigenvalue weighted by Crippen LogP contribution is 2.23. The minimum Gasteiger partial charge on any atom is -0.307 e. The molecule has 0 atom stereocenters. The molecular formula is C10H9ClF5N. The summed E-state index contributed by atoms with van der Waals surface area (Å²) < 4.78 is 61.6. The van der Waals surface area contributed by atoms with Crippen LogP contribution in [-0.2, 0) is 6.54 Å². The Kier molecular flexibility index (Phi) is 4.70. The molecule has 0 spiro atoms. The molecule has 17 heavy (non-hydrogen) atoms. The highest BCUT2D eigenvalue weighted by molar-refractivity contribution is 6.31. The molecule has 0 saturated heterocycles. The van der Waals surface area contributed by atoms with Gasteiger partial charge in [-0.05, 0) is 11.6 Å². The lowest BCUT2D eigenvalue weighted by molar-refractivity contribution is -0.125. The van der Waals surface area contributed by atoms with Gasteiger partial charge in [-0.25, -0.2) is 13.2 Å². The van der Waals surface area contributed by atoms with Crippen LogP contribution in [0.2, 0.25) is 5.02 Å². The first-order valence-electron chi connectivity index (χ1n) is 4.64. The van der Waals surface area contributed by atoms with Crippen LogP contribution in [0.5, 0.6) is 0 Å². The van der Waals surface area contributed by atoms with Gasteiger partial charge in [0.2, 0.25) is 0 Å². The molecule has 0 aliphatic rings. The summed E-state index contributed by atoms with van der Waals surface area (Å²) >= 11 is 5.56. The number of hydrogen-bond acceptors (Lipinski definition) is 1. The molecule has 96 valence electrons. The molecule has 0 bridgehead atoms. The van der Waals surface area contributed by atoms with E-state index >= 15 is 0 Å². The van der Waals surface area contributed by atoms with Gasteiger partial charge in [-0.3, -0.25) is 0 Å². The molecule has 0 heterocycles. The van der Waals surface area contributed by atoms with Gasteiger partial charge >= 0.3 is 12.3 Å². The van der Waals surface area contributed by atoms with Crippen molar-refractivity contribution in [1.29, 1.82) is 0 Å². The molecule has 1 rings (SSSR count). The Morgan fingerprint density at radius 1 is 1.29 bits per heavy atom. The van der Waals surface area contributed by atoms with Crippen molar-refractivity contribution in [1.82, 2.24) is 5.32 Å². The zero-order chi connectivity index (χ0) is 13.1. The molecular weight excluding hydrogens is 265 g/mol. The topological polar surface area (TPSA) is 12.0 Å². The van der Waals surface area contributed by atoms with Crippen LogP contribution in [-0.4, -0.2) is 18.9 Å². The van der Waals surface area contributed by atoms with Gasteiger partial charge in [0.05, 0.1) is 11.6 Å². The van der Waals surface area contributed by atoms with E-state index in [4.69, 9.17) is 11.6 Å². The molecule has 1 nitrogen and oxygen atoms in total. The Labute approximate surface area is 99.6 Å². The molecule has 0 aromatic heterocycles. The van der Waals surface area contributed by atoms with Crippen molar-refractivity contribution < 1.29 is 22.0 Å². The molecule has 7 heteroatoms. The summed E-state index contributed by atoms with van der Waals surface area (Å²) in [6, 6.07) is 3.88. The van der Waals surface area contributed by atoms with E-state index in [1.165, 1.54) is 12.1 Å². The Balaban J connectivity index is 2.55. The highest BCUT2D eigenvalue weighted by Gasteiger charge is 2.39. The second kappa shape index (κ2) is 5.64. The van der Waals surface area contributed by atoms with E-state index in [1.807, 2.05) is 0 Å². The summed E-state index contributed by atoms with van der Waals surface area (Å²) in [6.45, 7) is -1.41. The van der Waals surface area contributed by atoms with Gasteiger partial charge in [0, 0.05) is 6.54 Å². The fourth-order valence-electron chi connectivity index (χ4n) is 1.13. The van der Waals surface area contributed by atoms with E-state index in [0.717, 1.165) is 6.07 Å². The number of alkyl halides is 4. The number of benzene rings is 1. The third kappa shape index (κ3) is 3.81. The minimum absolute atomic E-state index is 0.208. The molecule has 0 unspecified atom stereocenters. The predicted octanol–water partition coefficient (Wildman–Crippen LogP) is 3.47. The van der Waals surface area contributed by atoms with Crippen molar-refractivity contribution in [3.8, 4) is 0 Å². The van der Waals surface area contributed by atoms with Crippen LogP contribution in [0.4, 0.5) is 22.0 Å². The summed E-state index contributed by atoms with van der Waals surface area (Å²) in [5.41, 5.74) is 0.233. The van der Waals surface area contributed by atoms with E-state index in [2.05, 4.69) is 5.32 Å². The van der Waals surface area contributed by atoms with Gasteiger partial charge in [-0.1, -0.05) is 23.7 Å². The third-order valence-corrected chi connectivity index (χ3v) is 2.45. The zero-order valence-electron chi connectivity index (χ0n) is 8.49. The van der Waals surface area contributed by atoms with Crippen molar-refractivity contribution in [3.63, 3.8) is 0 Å². The van der Waals surface area contributed by atoms with Crippen molar-refractivity contribution >= 4 is 11.6 Å². The van der Waals surface area contributed by atoms with Crippen molar-refractivity contribution in [2.45, 2.75) is 18.9 Å². The largest absolute Gasteiger partial charge is 0.319 e. The lowest BCUT2D eigenvalue weighted by Gasteiger charge is -2.16. The van der Waals surface area contributed by atoms with Crippen LogP contribution in [0.1, 0.15) is 5.56 Å². The number of rotatable bonds is 5. The molecule has 1 aromatic rings. The molecule has 0 radical (unpaired) electrons. The second-order valence-electron chi connectivity index (χ2n) is 3.38. The molecule has 0 aliphatic heterocycles. The predicted molar refractivity (Wildman–Crippen MR) is 54.1 cm³/mol. The monoisotopic (exact) mass is 273 g/mol. The fraction of sp³-hybridized carbons (Fsp3) is 0.400. The van der Waals surface area contributed by atoms with Gasteiger partial charge < -0.3 is 5.32 Å². The zero-order valence-corrected chi connectivity index (χ0v) is 9.25. The van der Waals surface area contributed by atoms with Crippen LogP contribution in [0.3, 0.4) is 0 Å². The van der Waals surface area contributed by atoms with Crippen LogP contribution < -0.4 is 5.32 Å². The van der Waals surface area contributed by atoms with Crippen molar-refractivity contribution in [3.05, 3.63) is 34.6 Å². The van der Waals surface area contributed by atoms with Crippen LogP contribution in [0, 0.1) is 5.82 Å². The maximum Gasteiger partial charge on any atom is 0.319 e. The minimum atomic E-state index is -4.11. The summed E-state index contributed by atoms with van der Waals surface area (Å²) in [6.07, 6.45) is -3.74. The molecule has 0 fully saturated rings. The summed E-state index contributed by atoms with van der Waals surface area (Å²) in [5.74, 6) is -4.80. The Morgan fingerprint density at radius 2 is 1.94 bits per heavy atom. The first-order valence-corrected chi connectivity index (χ1v) is 5.02. The number of halogens is 6. The Bertz CT molecular complexity index is 383. The highest BCUT2D eigenvalue weighted by atomic mass is 35.5. The maximum atomic E-state index is 12.9. The van der Waals surface area contributed by atoms with E-state index in [-0.39, 0.29) is 17.1 Å². The quantitative estimate of drug-likeness (QED) is 0.810. The molecule has 1 N–H and O–H groups in total. The lowest BCUT2D eigenvalue weighted by atomic mass is 10.2. The van der Waals surface area contributed by atoms with Crippen molar-refractivity contribution in [2.24, 2.45) is 0 Å². The van der Waals surface area contributed by atoms with E-state index in [9.17, 15) is 22.0 Å². The summed E-state index contributed by atoms with van der Waals surface area (Å²) in [4.78, 5) is 0. The summed E-state index contributed by atoms with van der Waals surface area (Å²) in [7, 11) is 0. The lowest BCUT2D eigenvalue weighted by Crippen LogP contribution is -2.38. The van der Waals surface area contributed by atoms with Gasteiger partial charge in [0.15, 0.2) is 0 Å².